The minimum atomic E-state index is -5.07. The molecule has 2 aliphatic heterocycles. The summed E-state index contributed by atoms with van der Waals surface area (Å²) in [5.74, 6) is -2.90. The maximum atomic E-state index is 15.6. The third kappa shape index (κ3) is 5.00. The van der Waals surface area contributed by atoms with E-state index in [9.17, 15) is 31.1 Å². The molecule has 5 nitrogen and oxygen atoms in total. The average Bonchev–Trinajstić information content (AvgIpc) is 3.07. The Morgan fingerprint density at radius 2 is 1.62 bits per heavy atom. The van der Waals surface area contributed by atoms with E-state index in [0.29, 0.717) is 38.9 Å². The number of benzene rings is 2. The standard InChI is InChI=1S/C25H28F6N2O3S/c1-4-18-22(19-8-5-15(10-20(19)26)24(2,34)25(29,30)31)21(27)9-14(23(18)28)11-32-12-16-6-7-17(13-32)33(16)37(3,35)36/h5,8-10,16-17,34H,4,6-7,11-13H2,1-3H3. The van der Waals surface area contributed by atoms with Gasteiger partial charge in [-0.15, -0.1) is 0 Å². The first kappa shape index (κ1) is 27.9. The highest BCUT2D eigenvalue weighted by atomic mass is 32.2. The van der Waals surface area contributed by atoms with Gasteiger partial charge in [-0.1, -0.05) is 19.1 Å². The Hall–Kier alpha value is -2.15. The summed E-state index contributed by atoms with van der Waals surface area (Å²) in [6.07, 6.45) is -2.56. The van der Waals surface area contributed by atoms with Crippen LogP contribution in [0.5, 0.6) is 0 Å². The SMILES string of the molecule is CCc1c(F)c(CN2CC3CCC(C2)N3S(C)(=O)=O)cc(F)c1-c1ccc(C(C)(O)C(F)(F)F)cc1F. The van der Waals surface area contributed by atoms with Gasteiger partial charge in [0.15, 0.2) is 5.60 Å². The van der Waals surface area contributed by atoms with Crippen molar-refractivity contribution in [2.24, 2.45) is 0 Å². The molecule has 2 fully saturated rings. The molecule has 0 aliphatic carbocycles. The van der Waals surface area contributed by atoms with E-state index in [1.165, 1.54) is 4.31 Å². The van der Waals surface area contributed by atoms with Crippen LogP contribution in [0.15, 0.2) is 24.3 Å². The van der Waals surface area contributed by atoms with Crippen molar-refractivity contribution in [1.29, 1.82) is 0 Å². The molecule has 37 heavy (non-hydrogen) atoms. The lowest BCUT2D eigenvalue weighted by atomic mass is 9.90. The summed E-state index contributed by atoms with van der Waals surface area (Å²) in [5, 5.41) is 9.84. The minimum Gasteiger partial charge on any atom is -0.376 e. The van der Waals surface area contributed by atoms with Gasteiger partial charge in [-0.25, -0.2) is 21.6 Å². The number of rotatable bonds is 6. The van der Waals surface area contributed by atoms with Crippen LogP contribution < -0.4 is 0 Å². The maximum Gasteiger partial charge on any atom is 0.421 e. The van der Waals surface area contributed by atoms with Crippen LogP contribution in [0.4, 0.5) is 26.3 Å². The topological polar surface area (TPSA) is 60.9 Å². The molecule has 4 rings (SSSR count). The van der Waals surface area contributed by atoms with Gasteiger partial charge in [0.1, 0.15) is 17.5 Å². The smallest absolute Gasteiger partial charge is 0.376 e. The highest BCUT2D eigenvalue weighted by Crippen LogP contribution is 2.41. The van der Waals surface area contributed by atoms with Crippen LogP contribution in [-0.4, -0.2) is 60.3 Å². The van der Waals surface area contributed by atoms with Crippen LogP contribution in [0.3, 0.4) is 0 Å². The van der Waals surface area contributed by atoms with Gasteiger partial charge in [0.25, 0.3) is 0 Å². The van der Waals surface area contributed by atoms with Gasteiger partial charge in [0.05, 0.1) is 6.26 Å². The summed E-state index contributed by atoms with van der Waals surface area (Å²) in [6, 6.07) is 2.69. The van der Waals surface area contributed by atoms with Crippen LogP contribution in [0.1, 0.15) is 43.4 Å². The van der Waals surface area contributed by atoms with E-state index < -0.39 is 50.4 Å². The zero-order valence-electron chi connectivity index (χ0n) is 20.5. The second-order valence-corrected chi connectivity index (χ2v) is 11.9. The average molecular weight is 551 g/mol. The maximum absolute atomic E-state index is 15.6. The molecule has 204 valence electrons. The molecule has 2 aromatic carbocycles. The van der Waals surface area contributed by atoms with E-state index in [0.717, 1.165) is 24.5 Å². The Morgan fingerprint density at radius 1 is 1.03 bits per heavy atom. The third-order valence-electron chi connectivity index (χ3n) is 7.36. The molecule has 3 unspecified atom stereocenters. The van der Waals surface area contributed by atoms with E-state index in [2.05, 4.69) is 0 Å². The van der Waals surface area contributed by atoms with Crippen LogP contribution in [0.2, 0.25) is 0 Å². The predicted octanol–water partition coefficient (Wildman–Crippen LogP) is 4.71. The molecule has 2 heterocycles. The lowest BCUT2D eigenvalue weighted by molar-refractivity contribution is -0.258. The van der Waals surface area contributed by atoms with Gasteiger partial charge in [-0.05, 0) is 49.4 Å². The molecule has 0 aromatic heterocycles. The Bertz CT molecular complexity index is 1300. The van der Waals surface area contributed by atoms with Crippen molar-refractivity contribution in [3.05, 3.63) is 58.4 Å². The fourth-order valence-corrected chi connectivity index (χ4v) is 6.95. The zero-order valence-corrected chi connectivity index (χ0v) is 21.4. The first-order valence-electron chi connectivity index (χ1n) is 11.9. The second kappa shape index (κ2) is 9.55. The molecule has 12 heteroatoms. The summed E-state index contributed by atoms with van der Waals surface area (Å²) in [7, 11) is -3.39. The van der Waals surface area contributed by atoms with Gasteiger partial charge in [-0.2, -0.15) is 17.5 Å². The predicted molar refractivity (Wildman–Crippen MR) is 126 cm³/mol. The molecule has 0 spiro atoms. The molecule has 3 atom stereocenters. The van der Waals surface area contributed by atoms with E-state index in [1.54, 1.807) is 6.92 Å². The highest BCUT2D eigenvalue weighted by molar-refractivity contribution is 7.88. The minimum absolute atomic E-state index is 0.0134. The zero-order chi connectivity index (χ0) is 27.5. The number of piperazine rings is 1. The largest absolute Gasteiger partial charge is 0.421 e. The number of aliphatic hydroxyl groups is 1. The Morgan fingerprint density at radius 3 is 2.11 bits per heavy atom. The highest BCUT2D eigenvalue weighted by Gasteiger charge is 2.51. The van der Waals surface area contributed by atoms with Crippen molar-refractivity contribution >= 4 is 10.0 Å². The molecular weight excluding hydrogens is 522 g/mol. The summed E-state index contributed by atoms with van der Waals surface area (Å²) < 4.78 is 111. The van der Waals surface area contributed by atoms with Crippen molar-refractivity contribution < 1.29 is 39.9 Å². The first-order chi connectivity index (χ1) is 17.1. The number of sulfonamides is 1. The lowest BCUT2D eigenvalue weighted by Gasteiger charge is -2.39. The first-order valence-corrected chi connectivity index (χ1v) is 13.7. The summed E-state index contributed by atoms with van der Waals surface area (Å²) in [6.45, 7) is 2.79. The van der Waals surface area contributed by atoms with Gasteiger partial charge < -0.3 is 5.11 Å². The molecule has 0 saturated carbocycles. The fraction of sp³-hybridized carbons (Fsp3) is 0.520. The molecule has 2 aromatic rings. The van der Waals surface area contributed by atoms with Crippen molar-refractivity contribution in [3.63, 3.8) is 0 Å². The molecule has 1 N–H and O–H groups in total. The Kier molecular flexibility index (Phi) is 7.19. The van der Waals surface area contributed by atoms with Crippen molar-refractivity contribution in [1.82, 2.24) is 9.21 Å². The Labute approximate surface area is 211 Å². The van der Waals surface area contributed by atoms with Gasteiger partial charge in [0, 0.05) is 48.4 Å². The molecule has 0 amide bonds. The van der Waals surface area contributed by atoms with Crippen LogP contribution in [0.25, 0.3) is 11.1 Å². The van der Waals surface area contributed by atoms with Crippen LogP contribution in [-0.2, 0) is 28.6 Å². The van der Waals surface area contributed by atoms with E-state index >= 15 is 8.78 Å². The molecule has 0 radical (unpaired) electrons. The normalized spacial score (nSPS) is 22.9. The molecule has 2 bridgehead atoms. The van der Waals surface area contributed by atoms with Gasteiger partial charge in [0.2, 0.25) is 10.0 Å². The summed E-state index contributed by atoms with van der Waals surface area (Å²) in [5.41, 5.74) is -4.99. The van der Waals surface area contributed by atoms with E-state index in [1.807, 2.05) is 4.90 Å². The molecular formula is C25H28F6N2O3S. The van der Waals surface area contributed by atoms with E-state index in [4.69, 9.17) is 0 Å². The van der Waals surface area contributed by atoms with Crippen molar-refractivity contribution in [3.8, 4) is 11.1 Å². The fourth-order valence-electron chi connectivity index (χ4n) is 5.52. The quantitative estimate of drug-likeness (QED) is 0.530. The summed E-state index contributed by atoms with van der Waals surface area (Å²) >= 11 is 0. The number of halogens is 6. The third-order valence-corrected chi connectivity index (χ3v) is 8.72. The van der Waals surface area contributed by atoms with Gasteiger partial charge in [-0.3, -0.25) is 4.90 Å². The Balaban J connectivity index is 1.66. The number of nitrogens with zero attached hydrogens (tertiary/aromatic N) is 2. The van der Waals surface area contributed by atoms with Crippen molar-refractivity contribution in [2.75, 3.05) is 19.3 Å². The lowest BCUT2D eigenvalue weighted by Crippen LogP contribution is -2.55. The van der Waals surface area contributed by atoms with Crippen LogP contribution in [0, 0.1) is 17.5 Å². The molecule has 2 aliphatic rings. The number of hydrogen-bond donors (Lipinski definition) is 1. The monoisotopic (exact) mass is 550 g/mol. The van der Waals surface area contributed by atoms with E-state index in [-0.39, 0.29) is 41.7 Å². The number of alkyl halides is 3. The van der Waals surface area contributed by atoms with Crippen molar-refractivity contribution in [2.45, 2.75) is 63.5 Å². The molecule has 2 saturated heterocycles. The second-order valence-electron chi connectivity index (χ2n) is 9.98. The number of hydrogen-bond acceptors (Lipinski definition) is 4. The van der Waals surface area contributed by atoms with Gasteiger partial charge >= 0.3 is 6.18 Å². The van der Waals surface area contributed by atoms with Crippen LogP contribution >= 0.6 is 0 Å². The number of fused-ring (bicyclic) bond motifs is 2. The summed E-state index contributed by atoms with van der Waals surface area (Å²) in [4.78, 5) is 1.87. The number of likely N-dealkylation sites (tertiary alicyclic amines) is 1.